The zero-order chi connectivity index (χ0) is 21.5. The topological polar surface area (TPSA) is 9.23 Å². The fourth-order valence-corrected chi connectivity index (χ4v) is 6.80. The van der Waals surface area contributed by atoms with Crippen LogP contribution in [-0.2, 0) is 6.42 Å². The molecule has 3 aromatic carbocycles. The summed E-state index contributed by atoms with van der Waals surface area (Å²) >= 11 is 0. The molecule has 6 rings (SSSR count). The van der Waals surface area contributed by atoms with Crippen molar-refractivity contribution in [3.63, 3.8) is 0 Å². The van der Waals surface area contributed by atoms with Gasteiger partial charge in [-0.1, -0.05) is 74.2 Å². The molecule has 0 aliphatic heterocycles. The van der Waals surface area contributed by atoms with E-state index in [1.807, 2.05) is 0 Å². The predicted molar refractivity (Wildman–Crippen MR) is 134 cm³/mol. The van der Waals surface area contributed by atoms with Crippen LogP contribution in [0.5, 0.6) is 5.75 Å². The van der Waals surface area contributed by atoms with Crippen molar-refractivity contribution in [3.05, 3.63) is 76.9 Å². The van der Waals surface area contributed by atoms with Crippen molar-refractivity contribution in [2.45, 2.75) is 76.5 Å². The molecule has 0 N–H and O–H groups in total. The van der Waals surface area contributed by atoms with Gasteiger partial charge in [0.05, 0.1) is 6.61 Å². The first-order valence-corrected chi connectivity index (χ1v) is 12.8. The molecule has 0 saturated heterocycles. The molecule has 0 radical (unpaired) electrons. The third-order valence-electron chi connectivity index (χ3n) is 8.20. The summed E-state index contributed by atoms with van der Waals surface area (Å²) in [7, 11) is 0. The van der Waals surface area contributed by atoms with Gasteiger partial charge in [0.2, 0.25) is 0 Å². The van der Waals surface area contributed by atoms with Crippen molar-refractivity contribution < 1.29 is 4.74 Å². The molecule has 0 unspecified atom stereocenters. The highest BCUT2D eigenvalue weighted by Crippen LogP contribution is 2.53. The van der Waals surface area contributed by atoms with Gasteiger partial charge < -0.3 is 4.74 Å². The lowest BCUT2D eigenvalue weighted by atomic mass is 9.77. The summed E-state index contributed by atoms with van der Waals surface area (Å²) in [6.07, 6.45) is 12.0. The van der Waals surface area contributed by atoms with Crippen molar-refractivity contribution in [3.8, 4) is 28.0 Å². The number of para-hydroxylation sites is 1. The number of hydrogen-bond acceptors (Lipinski definition) is 1. The number of hydrogen-bond donors (Lipinski definition) is 0. The van der Waals surface area contributed by atoms with Crippen LogP contribution in [0, 0.1) is 0 Å². The van der Waals surface area contributed by atoms with Gasteiger partial charge in [0.15, 0.2) is 0 Å². The van der Waals surface area contributed by atoms with Crippen molar-refractivity contribution in [2.24, 2.45) is 0 Å². The molecule has 0 amide bonds. The van der Waals surface area contributed by atoms with Gasteiger partial charge in [-0.05, 0) is 95.9 Å². The highest BCUT2D eigenvalue weighted by molar-refractivity contribution is 5.89. The summed E-state index contributed by atoms with van der Waals surface area (Å²) < 4.78 is 6.21. The first-order chi connectivity index (χ1) is 15.8. The molecule has 0 heterocycles. The summed E-state index contributed by atoms with van der Waals surface area (Å²) in [6.45, 7) is 2.81. The van der Waals surface area contributed by atoms with Crippen LogP contribution in [0.15, 0.2) is 54.6 Å². The Labute approximate surface area is 192 Å². The van der Waals surface area contributed by atoms with E-state index in [0.29, 0.717) is 12.5 Å². The molecule has 2 saturated carbocycles. The maximum Gasteiger partial charge on any atom is 0.127 e. The molecule has 1 nitrogen and oxygen atoms in total. The molecule has 2 fully saturated rings. The van der Waals surface area contributed by atoms with E-state index in [-0.39, 0.29) is 0 Å². The summed E-state index contributed by atoms with van der Waals surface area (Å²) in [5.41, 5.74) is 12.2. The number of benzene rings is 3. The predicted octanol–water partition coefficient (Wildman–Crippen LogP) is 8.64. The number of ether oxygens (including phenoxy) is 1. The highest BCUT2D eigenvalue weighted by atomic mass is 16.5. The van der Waals surface area contributed by atoms with Crippen LogP contribution in [-0.4, -0.2) is 6.61 Å². The molecule has 1 heteroatoms. The van der Waals surface area contributed by atoms with Crippen LogP contribution in [0.4, 0.5) is 0 Å². The second-order valence-corrected chi connectivity index (χ2v) is 10.0. The van der Waals surface area contributed by atoms with E-state index >= 15 is 0 Å². The number of fused-ring (bicyclic) bond motifs is 3. The van der Waals surface area contributed by atoms with Crippen LogP contribution >= 0.6 is 0 Å². The average molecular weight is 423 g/mol. The van der Waals surface area contributed by atoms with Gasteiger partial charge in [0.1, 0.15) is 5.75 Å². The first-order valence-electron chi connectivity index (χ1n) is 12.8. The van der Waals surface area contributed by atoms with Crippen molar-refractivity contribution in [2.75, 3.05) is 6.61 Å². The molecule has 3 aromatic rings. The molecular formula is C31H34O. The van der Waals surface area contributed by atoms with Crippen molar-refractivity contribution >= 4 is 0 Å². The Bertz CT molecular complexity index is 1130. The van der Waals surface area contributed by atoms with Crippen LogP contribution in [0.3, 0.4) is 0 Å². The Kier molecular flexibility index (Phi) is 5.29. The summed E-state index contributed by atoms with van der Waals surface area (Å²) in [6, 6.07) is 20.5. The smallest absolute Gasteiger partial charge is 0.127 e. The lowest BCUT2D eigenvalue weighted by Crippen LogP contribution is -2.09. The van der Waals surface area contributed by atoms with Gasteiger partial charge >= 0.3 is 0 Å². The Morgan fingerprint density at radius 3 is 2.16 bits per heavy atom. The quantitative estimate of drug-likeness (QED) is 0.313. The average Bonchev–Trinajstić information content (AvgIpc) is 3.59. The number of rotatable bonds is 5. The van der Waals surface area contributed by atoms with Crippen LogP contribution < -0.4 is 4.74 Å². The molecule has 0 spiro atoms. The lowest BCUT2D eigenvalue weighted by molar-refractivity contribution is 0.341. The van der Waals surface area contributed by atoms with Gasteiger partial charge in [0.25, 0.3) is 0 Å². The van der Waals surface area contributed by atoms with E-state index in [0.717, 1.165) is 18.1 Å². The van der Waals surface area contributed by atoms with E-state index < -0.39 is 0 Å². The summed E-state index contributed by atoms with van der Waals surface area (Å²) in [5, 5.41) is 0. The third kappa shape index (κ3) is 3.29. The fraction of sp³-hybridized carbons (Fsp3) is 0.419. The lowest BCUT2D eigenvalue weighted by Gasteiger charge is -2.27. The molecule has 0 bridgehead atoms. The third-order valence-corrected chi connectivity index (χ3v) is 8.20. The van der Waals surface area contributed by atoms with E-state index in [2.05, 4.69) is 61.5 Å². The SMILES string of the molecule is CCOc1ccccc1-c1c2c(cc(C3CCCC3)c1C1CCCC1)-c1ccccc1C2. The minimum atomic E-state index is 0.698. The Morgan fingerprint density at radius 1 is 0.750 bits per heavy atom. The Hall–Kier alpha value is -2.54. The monoisotopic (exact) mass is 422 g/mol. The molecule has 164 valence electrons. The van der Waals surface area contributed by atoms with Gasteiger partial charge in [-0.25, -0.2) is 0 Å². The maximum atomic E-state index is 6.21. The van der Waals surface area contributed by atoms with E-state index in [1.165, 1.54) is 79.2 Å². The second kappa shape index (κ2) is 8.43. The van der Waals surface area contributed by atoms with Crippen LogP contribution in [0.2, 0.25) is 0 Å². The van der Waals surface area contributed by atoms with Crippen LogP contribution in [0.25, 0.3) is 22.3 Å². The molecule has 0 aromatic heterocycles. The van der Waals surface area contributed by atoms with Crippen molar-refractivity contribution in [1.82, 2.24) is 0 Å². The molecule has 3 aliphatic carbocycles. The molecule has 3 aliphatic rings. The minimum Gasteiger partial charge on any atom is -0.493 e. The first kappa shape index (κ1) is 20.1. The fourth-order valence-electron chi connectivity index (χ4n) is 6.80. The van der Waals surface area contributed by atoms with Crippen LogP contribution in [0.1, 0.15) is 92.4 Å². The van der Waals surface area contributed by atoms with Gasteiger partial charge in [-0.15, -0.1) is 0 Å². The van der Waals surface area contributed by atoms with E-state index in [9.17, 15) is 0 Å². The van der Waals surface area contributed by atoms with E-state index in [4.69, 9.17) is 4.74 Å². The summed E-state index contributed by atoms with van der Waals surface area (Å²) in [4.78, 5) is 0. The largest absolute Gasteiger partial charge is 0.493 e. The minimum absolute atomic E-state index is 0.698. The summed E-state index contributed by atoms with van der Waals surface area (Å²) in [5.74, 6) is 2.47. The second-order valence-electron chi connectivity index (χ2n) is 10.0. The highest BCUT2D eigenvalue weighted by Gasteiger charge is 2.34. The van der Waals surface area contributed by atoms with E-state index in [1.54, 1.807) is 16.7 Å². The zero-order valence-electron chi connectivity index (χ0n) is 19.3. The Morgan fingerprint density at radius 2 is 1.41 bits per heavy atom. The molecule has 32 heavy (non-hydrogen) atoms. The van der Waals surface area contributed by atoms with Gasteiger partial charge in [0, 0.05) is 5.56 Å². The van der Waals surface area contributed by atoms with Gasteiger partial charge in [-0.3, -0.25) is 0 Å². The zero-order valence-corrected chi connectivity index (χ0v) is 19.3. The van der Waals surface area contributed by atoms with Gasteiger partial charge in [-0.2, -0.15) is 0 Å². The Balaban J connectivity index is 1.67. The molecular weight excluding hydrogens is 388 g/mol. The molecule has 0 atom stereocenters. The van der Waals surface area contributed by atoms with Crippen molar-refractivity contribution in [1.29, 1.82) is 0 Å². The standard InChI is InChI=1S/C31H34O/c1-2-32-29-18-10-9-17-25(29)31-28-19-23-15-7-8-16-24(23)27(28)20-26(21-11-3-4-12-21)30(31)22-13-5-6-14-22/h7-10,15-18,20-22H,2-6,11-14,19H2,1H3. The normalized spacial score (nSPS) is 18.2. The maximum absolute atomic E-state index is 6.21.